The first kappa shape index (κ1) is 15.7. The van der Waals surface area contributed by atoms with Crippen molar-refractivity contribution in [2.75, 3.05) is 13.7 Å². The number of Topliss-reactive ketones (excluding diaryl/α,β-unsaturated/α-hetero) is 1. The molecule has 108 valence electrons. The van der Waals surface area contributed by atoms with Crippen LogP contribution < -0.4 is 10.1 Å². The molecule has 0 aliphatic carbocycles. The van der Waals surface area contributed by atoms with Gasteiger partial charge >= 0.3 is 5.97 Å². The summed E-state index contributed by atoms with van der Waals surface area (Å²) in [6.45, 7) is 2.52. The van der Waals surface area contributed by atoms with Gasteiger partial charge in [-0.15, -0.1) is 0 Å². The monoisotopic (exact) mass is 279 g/mol. The van der Waals surface area contributed by atoms with E-state index in [2.05, 4.69) is 5.32 Å². The Labute approximate surface area is 117 Å². The largest absolute Gasteiger partial charge is 0.497 e. The maximum Gasteiger partial charge on any atom is 0.326 e. The molecule has 0 spiro atoms. The number of rotatable bonds is 6. The summed E-state index contributed by atoms with van der Waals surface area (Å²) in [7, 11) is 1.53. The normalized spacial score (nSPS) is 11.3. The van der Waals surface area contributed by atoms with Crippen LogP contribution in [0.25, 0.3) is 0 Å². The predicted molar refractivity (Wildman–Crippen MR) is 71.6 cm³/mol. The highest BCUT2D eigenvalue weighted by Crippen LogP contribution is 2.10. The van der Waals surface area contributed by atoms with Crippen molar-refractivity contribution in [3.05, 3.63) is 29.8 Å². The lowest BCUT2D eigenvalue weighted by molar-refractivity contribution is -0.152. The van der Waals surface area contributed by atoms with Crippen molar-refractivity contribution in [2.45, 2.75) is 20.0 Å². The van der Waals surface area contributed by atoms with Crippen LogP contribution in [0.15, 0.2) is 24.3 Å². The third-order valence-electron chi connectivity index (χ3n) is 2.63. The fraction of sp³-hybridized carbons (Fsp3) is 0.357. The minimum Gasteiger partial charge on any atom is -0.497 e. The van der Waals surface area contributed by atoms with Crippen LogP contribution in [0.4, 0.5) is 0 Å². The number of carbonyl (C=O) groups excluding carboxylic acids is 3. The van der Waals surface area contributed by atoms with Gasteiger partial charge in [0.05, 0.1) is 7.11 Å². The highest BCUT2D eigenvalue weighted by atomic mass is 16.5. The quantitative estimate of drug-likeness (QED) is 0.784. The lowest BCUT2D eigenvalue weighted by Crippen LogP contribution is -2.33. The van der Waals surface area contributed by atoms with Gasteiger partial charge in [-0.2, -0.15) is 0 Å². The van der Waals surface area contributed by atoms with Crippen LogP contribution in [0.5, 0.6) is 5.75 Å². The van der Waals surface area contributed by atoms with Gasteiger partial charge in [-0.1, -0.05) is 0 Å². The standard InChI is InChI=1S/C14H17NO5/c1-9(16)10(2)20-13(17)8-15-14(18)11-4-6-12(19-3)7-5-11/h4-7,10H,8H2,1-3H3,(H,15,18). The van der Waals surface area contributed by atoms with E-state index < -0.39 is 18.0 Å². The first-order valence-corrected chi connectivity index (χ1v) is 6.06. The topological polar surface area (TPSA) is 81.7 Å². The molecule has 0 saturated heterocycles. The summed E-state index contributed by atoms with van der Waals surface area (Å²) in [5.41, 5.74) is 0.401. The Morgan fingerprint density at radius 3 is 2.30 bits per heavy atom. The van der Waals surface area contributed by atoms with E-state index in [1.807, 2.05) is 0 Å². The number of amides is 1. The zero-order valence-electron chi connectivity index (χ0n) is 11.6. The van der Waals surface area contributed by atoms with E-state index >= 15 is 0 Å². The van der Waals surface area contributed by atoms with E-state index in [-0.39, 0.29) is 12.3 Å². The Kier molecular flexibility index (Phi) is 5.71. The molecular weight excluding hydrogens is 262 g/mol. The second-order valence-electron chi connectivity index (χ2n) is 4.15. The van der Waals surface area contributed by atoms with E-state index in [4.69, 9.17) is 9.47 Å². The van der Waals surface area contributed by atoms with Gasteiger partial charge in [-0.3, -0.25) is 14.4 Å². The molecule has 0 heterocycles. The van der Waals surface area contributed by atoms with Gasteiger partial charge in [-0.05, 0) is 38.1 Å². The molecule has 0 aliphatic heterocycles. The summed E-state index contributed by atoms with van der Waals surface area (Å²) in [5.74, 6) is -0.675. The van der Waals surface area contributed by atoms with Crippen LogP contribution in [0.2, 0.25) is 0 Å². The minimum atomic E-state index is -0.805. The second-order valence-corrected chi connectivity index (χ2v) is 4.15. The Hall–Kier alpha value is -2.37. The number of hydrogen-bond acceptors (Lipinski definition) is 5. The number of esters is 1. The predicted octanol–water partition coefficient (Wildman–Crippen LogP) is 0.946. The lowest BCUT2D eigenvalue weighted by Gasteiger charge is -2.10. The van der Waals surface area contributed by atoms with Gasteiger partial charge in [0.2, 0.25) is 0 Å². The smallest absolute Gasteiger partial charge is 0.326 e. The molecule has 1 rings (SSSR count). The van der Waals surface area contributed by atoms with Crippen LogP contribution in [0.1, 0.15) is 24.2 Å². The number of benzene rings is 1. The molecule has 0 aromatic heterocycles. The summed E-state index contributed by atoms with van der Waals surface area (Å²) in [6.07, 6.45) is -0.805. The van der Waals surface area contributed by atoms with Crippen LogP contribution in [0.3, 0.4) is 0 Å². The molecule has 1 amide bonds. The molecule has 6 nitrogen and oxygen atoms in total. The zero-order chi connectivity index (χ0) is 15.1. The van der Waals surface area contributed by atoms with Gasteiger partial charge in [-0.25, -0.2) is 0 Å². The van der Waals surface area contributed by atoms with Gasteiger partial charge < -0.3 is 14.8 Å². The third-order valence-corrected chi connectivity index (χ3v) is 2.63. The number of methoxy groups -OCH3 is 1. The van der Waals surface area contributed by atoms with Crippen molar-refractivity contribution in [2.24, 2.45) is 0 Å². The number of hydrogen-bond donors (Lipinski definition) is 1. The number of ketones is 1. The zero-order valence-corrected chi connectivity index (χ0v) is 11.6. The minimum absolute atomic E-state index is 0.250. The van der Waals surface area contributed by atoms with Crippen molar-refractivity contribution in [1.82, 2.24) is 5.32 Å². The SMILES string of the molecule is COc1ccc(C(=O)NCC(=O)OC(C)C(C)=O)cc1. The summed E-state index contributed by atoms with van der Waals surface area (Å²) in [4.78, 5) is 34.0. The molecular formula is C14H17NO5. The average Bonchev–Trinajstić information content (AvgIpc) is 2.44. The number of carbonyl (C=O) groups is 3. The molecule has 1 N–H and O–H groups in total. The fourth-order valence-electron chi connectivity index (χ4n) is 1.32. The molecule has 1 aromatic carbocycles. The van der Waals surface area contributed by atoms with E-state index in [1.54, 1.807) is 24.3 Å². The number of ether oxygens (including phenoxy) is 2. The Bertz CT molecular complexity index is 495. The van der Waals surface area contributed by atoms with E-state index in [9.17, 15) is 14.4 Å². The molecule has 0 aliphatic rings. The third kappa shape index (κ3) is 4.72. The van der Waals surface area contributed by atoms with Crippen LogP contribution in [-0.2, 0) is 14.3 Å². The molecule has 20 heavy (non-hydrogen) atoms. The Balaban J connectivity index is 2.46. The van der Waals surface area contributed by atoms with Crippen molar-refractivity contribution < 1.29 is 23.9 Å². The number of nitrogens with one attached hydrogen (secondary N) is 1. The van der Waals surface area contributed by atoms with Crippen molar-refractivity contribution >= 4 is 17.7 Å². The van der Waals surface area contributed by atoms with Crippen molar-refractivity contribution in [1.29, 1.82) is 0 Å². The van der Waals surface area contributed by atoms with Crippen LogP contribution >= 0.6 is 0 Å². The lowest BCUT2D eigenvalue weighted by atomic mass is 10.2. The molecule has 6 heteroatoms. The fourth-order valence-corrected chi connectivity index (χ4v) is 1.32. The average molecular weight is 279 g/mol. The highest BCUT2D eigenvalue weighted by molar-refractivity contribution is 5.96. The first-order valence-electron chi connectivity index (χ1n) is 6.06. The summed E-state index contributed by atoms with van der Waals surface area (Å²) < 4.78 is 9.79. The molecule has 1 unspecified atom stereocenters. The van der Waals surface area contributed by atoms with Gasteiger partial charge in [0, 0.05) is 5.56 Å². The summed E-state index contributed by atoms with van der Waals surface area (Å²) in [6, 6.07) is 6.45. The highest BCUT2D eigenvalue weighted by Gasteiger charge is 2.14. The maximum absolute atomic E-state index is 11.7. The van der Waals surface area contributed by atoms with Gasteiger partial charge in [0.1, 0.15) is 12.3 Å². The van der Waals surface area contributed by atoms with Crippen molar-refractivity contribution in [3.8, 4) is 5.75 Å². The summed E-state index contributed by atoms with van der Waals surface area (Å²) >= 11 is 0. The van der Waals surface area contributed by atoms with E-state index in [0.29, 0.717) is 11.3 Å². The van der Waals surface area contributed by atoms with Crippen molar-refractivity contribution in [3.63, 3.8) is 0 Å². The van der Waals surface area contributed by atoms with Crippen LogP contribution in [-0.4, -0.2) is 37.4 Å². The maximum atomic E-state index is 11.7. The van der Waals surface area contributed by atoms with E-state index in [0.717, 1.165) is 0 Å². The molecule has 0 saturated carbocycles. The molecule has 1 atom stereocenters. The Morgan fingerprint density at radius 2 is 1.80 bits per heavy atom. The molecule has 0 bridgehead atoms. The second kappa shape index (κ2) is 7.28. The molecule has 0 radical (unpaired) electrons. The van der Waals surface area contributed by atoms with E-state index in [1.165, 1.54) is 21.0 Å². The first-order chi connectivity index (χ1) is 9.43. The molecule has 0 fully saturated rings. The summed E-state index contributed by atoms with van der Waals surface area (Å²) in [5, 5.41) is 2.41. The Morgan fingerprint density at radius 1 is 1.20 bits per heavy atom. The van der Waals surface area contributed by atoms with Crippen LogP contribution in [0, 0.1) is 0 Å². The van der Waals surface area contributed by atoms with Gasteiger partial charge in [0.15, 0.2) is 11.9 Å². The van der Waals surface area contributed by atoms with Gasteiger partial charge in [0.25, 0.3) is 5.91 Å². The molecule has 1 aromatic rings.